The second kappa shape index (κ2) is 5.20. The summed E-state index contributed by atoms with van der Waals surface area (Å²) in [7, 11) is 0. The number of nitrogens with two attached hydrogens (primary N) is 2. The van der Waals surface area contributed by atoms with Crippen molar-refractivity contribution in [1.29, 1.82) is 0 Å². The summed E-state index contributed by atoms with van der Waals surface area (Å²) in [5, 5.41) is 2.88. The molecule has 0 spiro atoms. The van der Waals surface area contributed by atoms with Crippen LogP contribution in [0.5, 0.6) is 11.5 Å². The lowest BCUT2D eigenvalue weighted by Crippen LogP contribution is -2.34. The zero-order valence-corrected chi connectivity index (χ0v) is 11.2. The van der Waals surface area contributed by atoms with E-state index in [0.717, 1.165) is 25.7 Å². The first kappa shape index (κ1) is 13.1. The quantitative estimate of drug-likeness (QED) is 0.710. The number of nitrogens with one attached hydrogen (secondary N) is 1. The van der Waals surface area contributed by atoms with E-state index in [1.54, 1.807) is 12.1 Å². The number of benzene rings is 1. The van der Waals surface area contributed by atoms with E-state index in [9.17, 15) is 4.79 Å². The summed E-state index contributed by atoms with van der Waals surface area (Å²) >= 11 is 0. The fourth-order valence-electron chi connectivity index (χ4n) is 2.77. The van der Waals surface area contributed by atoms with Gasteiger partial charge in [-0.25, -0.2) is 0 Å². The van der Waals surface area contributed by atoms with Crippen molar-refractivity contribution in [3.05, 3.63) is 12.1 Å². The summed E-state index contributed by atoms with van der Waals surface area (Å²) in [4.78, 5) is 12.3. The molecule has 5 N–H and O–H groups in total. The van der Waals surface area contributed by atoms with Crippen LogP contribution in [-0.2, 0) is 4.79 Å². The van der Waals surface area contributed by atoms with E-state index in [0.29, 0.717) is 22.9 Å². The van der Waals surface area contributed by atoms with Gasteiger partial charge in [-0.1, -0.05) is 6.42 Å². The molecular formula is C14H19N3O3. The predicted octanol–water partition coefficient (Wildman–Crippen LogP) is 1.45. The van der Waals surface area contributed by atoms with Crippen molar-refractivity contribution < 1.29 is 14.3 Å². The zero-order valence-electron chi connectivity index (χ0n) is 11.2. The van der Waals surface area contributed by atoms with Crippen molar-refractivity contribution >= 4 is 17.3 Å². The molecule has 6 nitrogen and oxygen atoms in total. The molecule has 108 valence electrons. The largest absolute Gasteiger partial charge is 0.454 e. The number of amides is 1. The highest BCUT2D eigenvalue weighted by atomic mass is 16.7. The molecule has 1 aliphatic carbocycles. The van der Waals surface area contributed by atoms with Crippen LogP contribution in [0.2, 0.25) is 0 Å². The fourth-order valence-corrected chi connectivity index (χ4v) is 2.77. The van der Waals surface area contributed by atoms with Gasteiger partial charge in [0.05, 0.1) is 11.4 Å². The normalized spacial score (nSPS) is 24.4. The molecule has 20 heavy (non-hydrogen) atoms. The Bertz CT molecular complexity index is 533. The third kappa shape index (κ3) is 2.51. The van der Waals surface area contributed by atoms with Crippen molar-refractivity contribution in [3.8, 4) is 11.5 Å². The number of carbonyl (C=O) groups excluding carboxylic acids is 1. The van der Waals surface area contributed by atoms with E-state index in [2.05, 4.69) is 5.32 Å². The van der Waals surface area contributed by atoms with Gasteiger partial charge in [-0.05, 0) is 19.3 Å². The molecule has 1 heterocycles. The van der Waals surface area contributed by atoms with Gasteiger partial charge in [0.1, 0.15) is 0 Å². The van der Waals surface area contributed by atoms with Crippen LogP contribution in [0.25, 0.3) is 0 Å². The van der Waals surface area contributed by atoms with Crippen LogP contribution in [0, 0.1) is 5.92 Å². The third-order valence-electron chi connectivity index (χ3n) is 3.89. The summed E-state index contributed by atoms with van der Waals surface area (Å²) in [5.74, 6) is 1.16. The second-order valence-corrected chi connectivity index (χ2v) is 5.41. The second-order valence-electron chi connectivity index (χ2n) is 5.41. The van der Waals surface area contributed by atoms with E-state index in [4.69, 9.17) is 20.9 Å². The first-order valence-corrected chi connectivity index (χ1v) is 6.89. The highest BCUT2D eigenvalue weighted by Gasteiger charge is 2.26. The molecule has 0 aromatic heterocycles. The Morgan fingerprint density at radius 1 is 1.25 bits per heavy atom. The van der Waals surface area contributed by atoms with Crippen molar-refractivity contribution in [2.45, 2.75) is 31.7 Å². The van der Waals surface area contributed by atoms with Gasteiger partial charge in [0.2, 0.25) is 12.7 Å². The molecule has 1 fully saturated rings. The van der Waals surface area contributed by atoms with Crippen LogP contribution < -0.4 is 26.3 Å². The van der Waals surface area contributed by atoms with Gasteiger partial charge in [0, 0.05) is 24.1 Å². The Labute approximate surface area is 117 Å². The highest BCUT2D eigenvalue weighted by Crippen LogP contribution is 2.38. The number of hydrogen-bond acceptors (Lipinski definition) is 5. The number of nitrogen functional groups attached to an aromatic ring is 1. The van der Waals surface area contributed by atoms with Crippen LogP contribution in [0.1, 0.15) is 25.7 Å². The van der Waals surface area contributed by atoms with Gasteiger partial charge in [-0.15, -0.1) is 0 Å². The average Bonchev–Trinajstić information content (AvgIpc) is 2.86. The summed E-state index contributed by atoms with van der Waals surface area (Å²) in [6.07, 6.45) is 3.60. The van der Waals surface area contributed by atoms with E-state index >= 15 is 0 Å². The van der Waals surface area contributed by atoms with Crippen LogP contribution >= 0.6 is 0 Å². The molecule has 2 atom stereocenters. The number of carbonyl (C=O) groups is 1. The van der Waals surface area contributed by atoms with Gasteiger partial charge in [-0.2, -0.15) is 0 Å². The van der Waals surface area contributed by atoms with E-state index in [1.807, 2.05) is 0 Å². The van der Waals surface area contributed by atoms with E-state index in [1.165, 1.54) is 0 Å². The molecule has 3 rings (SSSR count). The molecule has 2 unspecified atom stereocenters. The fraction of sp³-hybridized carbons (Fsp3) is 0.500. The molecule has 1 aromatic carbocycles. The van der Waals surface area contributed by atoms with Crippen LogP contribution in [0.15, 0.2) is 12.1 Å². The SMILES string of the molecule is Nc1cc2c(cc1NC(=O)C1CCCC(N)C1)OCO2. The van der Waals surface area contributed by atoms with Crippen molar-refractivity contribution in [1.82, 2.24) is 0 Å². The van der Waals surface area contributed by atoms with Crippen LogP contribution in [-0.4, -0.2) is 18.7 Å². The monoisotopic (exact) mass is 277 g/mol. The number of rotatable bonds is 2. The molecule has 1 aliphatic heterocycles. The lowest BCUT2D eigenvalue weighted by atomic mass is 9.85. The summed E-state index contributed by atoms with van der Waals surface area (Å²) in [6, 6.07) is 3.50. The lowest BCUT2D eigenvalue weighted by molar-refractivity contribution is -0.120. The highest BCUT2D eigenvalue weighted by molar-refractivity contribution is 5.96. The maximum atomic E-state index is 12.3. The maximum absolute atomic E-state index is 12.3. The molecule has 6 heteroatoms. The number of ether oxygens (including phenoxy) is 2. The Morgan fingerprint density at radius 2 is 2.00 bits per heavy atom. The Kier molecular flexibility index (Phi) is 3.40. The number of anilines is 2. The smallest absolute Gasteiger partial charge is 0.231 e. The molecular weight excluding hydrogens is 258 g/mol. The van der Waals surface area contributed by atoms with Crippen molar-refractivity contribution in [2.75, 3.05) is 17.8 Å². The summed E-state index contributed by atoms with van der Waals surface area (Å²) in [6.45, 7) is 0.184. The van der Waals surface area contributed by atoms with Gasteiger partial charge < -0.3 is 26.3 Å². The number of fused-ring (bicyclic) bond motifs is 1. The predicted molar refractivity (Wildman–Crippen MR) is 75.5 cm³/mol. The first-order valence-electron chi connectivity index (χ1n) is 6.89. The Morgan fingerprint density at radius 3 is 2.75 bits per heavy atom. The molecule has 1 aromatic rings. The number of hydrogen-bond donors (Lipinski definition) is 3. The van der Waals surface area contributed by atoms with Crippen LogP contribution in [0.4, 0.5) is 11.4 Å². The van der Waals surface area contributed by atoms with Gasteiger partial charge in [0.25, 0.3) is 0 Å². The third-order valence-corrected chi connectivity index (χ3v) is 3.89. The first-order chi connectivity index (χ1) is 9.63. The van der Waals surface area contributed by atoms with Crippen molar-refractivity contribution in [3.63, 3.8) is 0 Å². The molecule has 0 bridgehead atoms. The van der Waals surface area contributed by atoms with Gasteiger partial charge >= 0.3 is 0 Å². The summed E-state index contributed by atoms with van der Waals surface area (Å²) in [5.41, 5.74) is 12.9. The lowest BCUT2D eigenvalue weighted by Gasteiger charge is -2.25. The minimum Gasteiger partial charge on any atom is -0.454 e. The van der Waals surface area contributed by atoms with E-state index in [-0.39, 0.29) is 24.7 Å². The topological polar surface area (TPSA) is 99.6 Å². The van der Waals surface area contributed by atoms with E-state index < -0.39 is 0 Å². The molecule has 0 saturated heterocycles. The summed E-state index contributed by atoms with van der Waals surface area (Å²) < 4.78 is 10.5. The minimum atomic E-state index is -0.0384. The molecule has 2 aliphatic rings. The van der Waals surface area contributed by atoms with Gasteiger partial charge in [-0.3, -0.25) is 4.79 Å². The zero-order chi connectivity index (χ0) is 14.1. The maximum Gasteiger partial charge on any atom is 0.231 e. The van der Waals surface area contributed by atoms with Gasteiger partial charge in [0.15, 0.2) is 11.5 Å². The standard InChI is InChI=1S/C14H19N3O3/c15-9-3-1-2-8(4-9)14(18)17-11-6-13-12(5-10(11)16)19-7-20-13/h5-6,8-9H,1-4,7,15-16H2,(H,17,18). The average molecular weight is 277 g/mol. The van der Waals surface area contributed by atoms with Crippen molar-refractivity contribution in [2.24, 2.45) is 11.7 Å². The molecule has 0 radical (unpaired) electrons. The Hall–Kier alpha value is -1.95. The Balaban J connectivity index is 1.72. The molecule has 1 saturated carbocycles. The molecule has 1 amide bonds. The minimum absolute atomic E-state index is 0.0225. The van der Waals surface area contributed by atoms with Crippen LogP contribution in [0.3, 0.4) is 0 Å².